The summed E-state index contributed by atoms with van der Waals surface area (Å²) < 4.78 is 61.9. The highest BCUT2D eigenvalue weighted by Gasteiger charge is 2.49. The van der Waals surface area contributed by atoms with Crippen molar-refractivity contribution < 1.29 is 32.2 Å². The van der Waals surface area contributed by atoms with E-state index in [0.29, 0.717) is 36.8 Å². The molecule has 0 spiro atoms. The van der Waals surface area contributed by atoms with Gasteiger partial charge in [-0.3, -0.25) is 9.69 Å². The Kier molecular flexibility index (Phi) is 7.12. The molecule has 2 aromatic rings. The summed E-state index contributed by atoms with van der Waals surface area (Å²) in [5.41, 5.74) is 1.43. The van der Waals surface area contributed by atoms with Crippen LogP contribution in [0.1, 0.15) is 80.2 Å². The van der Waals surface area contributed by atoms with E-state index >= 15 is 0 Å². The first-order chi connectivity index (χ1) is 19.0. The number of hydrogen-bond acceptors (Lipinski definition) is 3. The molecule has 6 atom stereocenters. The molecule has 0 radical (unpaired) electrons. The van der Waals surface area contributed by atoms with E-state index in [1.165, 1.54) is 0 Å². The predicted molar refractivity (Wildman–Crippen MR) is 143 cm³/mol. The van der Waals surface area contributed by atoms with Crippen LogP contribution < -0.4 is 4.74 Å². The second-order valence-corrected chi connectivity index (χ2v) is 12.6. The number of likely N-dealkylation sites (tertiary alicyclic amines) is 1. The van der Waals surface area contributed by atoms with Crippen molar-refractivity contribution in [1.29, 1.82) is 0 Å². The van der Waals surface area contributed by atoms with Crippen molar-refractivity contribution in [3.63, 3.8) is 0 Å². The normalized spacial score (nSPS) is 28.9. The van der Waals surface area contributed by atoms with Crippen LogP contribution in [0.25, 0.3) is 0 Å². The SMILES string of the molecule is C[C@H](C(=O)O)[C@H](c1ccc2c(c1)OC(C1[C@@H]3CC[C@@H]1CN([C@@H](C)c1cc(F)ccc1C(F)(F)F)C3)CC2)C1CC1. The number of carbonyl (C=O) groups is 1. The molecule has 4 nitrogen and oxygen atoms in total. The van der Waals surface area contributed by atoms with Gasteiger partial charge < -0.3 is 9.84 Å². The Labute approximate surface area is 232 Å². The number of carboxylic acids is 1. The molecule has 40 heavy (non-hydrogen) atoms. The fourth-order valence-corrected chi connectivity index (χ4v) is 8.02. The summed E-state index contributed by atoms with van der Waals surface area (Å²) in [4.78, 5) is 13.9. The van der Waals surface area contributed by atoms with E-state index in [9.17, 15) is 27.5 Å². The van der Waals surface area contributed by atoms with E-state index in [4.69, 9.17) is 4.74 Å². The Morgan fingerprint density at radius 2 is 1.70 bits per heavy atom. The predicted octanol–water partition coefficient (Wildman–Crippen LogP) is 7.47. The van der Waals surface area contributed by atoms with Gasteiger partial charge in [0.05, 0.1) is 11.5 Å². The van der Waals surface area contributed by atoms with Gasteiger partial charge in [0, 0.05) is 25.0 Å². The minimum atomic E-state index is -4.53. The second kappa shape index (κ2) is 10.3. The molecule has 8 heteroatoms. The first-order valence-electron chi connectivity index (χ1n) is 14.6. The number of aliphatic carboxylic acids is 1. The molecule has 2 aliphatic carbocycles. The maximum Gasteiger partial charge on any atom is 0.416 e. The third kappa shape index (κ3) is 5.12. The quantitative estimate of drug-likeness (QED) is 0.358. The van der Waals surface area contributed by atoms with Crippen LogP contribution in [0.15, 0.2) is 36.4 Å². The average molecular weight is 560 g/mol. The number of aryl methyl sites for hydroxylation is 1. The molecular formula is C32H37F4NO3. The van der Waals surface area contributed by atoms with Gasteiger partial charge in [0.1, 0.15) is 17.7 Å². The molecule has 0 amide bonds. The van der Waals surface area contributed by atoms with E-state index in [2.05, 4.69) is 23.1 Å². The third-order valence-electron chi connectivity index (χ3n) is 10.2. The van der Waals surface area contributed by atoms with E-state index in [1.807, 2.05) is 0 Å². The Morgan fingerprint density at radius 3 is 2.33 bits per heavy atom. The van der Waals surface area contributed by atoms with Gasteiger partial charge in [-0.2, -0.15) is 13.2 Å². The average Bonchev–Trinajstić information content (AvgIpc) is 3.71. The number of piperidine rings is 1. The van der Waals surface area contributed by atoms with Crippen molar-refractivity contribution in [3.8, 4) is 5.75 Å². The van der Waals surface area contributed by atoms with Crippen molar-refractivity contribution in [3.05, 3.63) is 64.5 Å². The zero-order valence-electron chi connectivity index (χ0n) is 23.0. The van der Waals surface area contributed by atoms with Gasteiger partial charge in [-0.15, -0.1) is 0 Å². The van der Waals surface area contributed by atoms with Gasteiger partial charge in [0.2, 0.25) is 0 Å². The van der Waals surface area contributed by atoms with E-state index in [0.717, 1.165) is 73.6 Å². The summed E-state index contributed by atoms with van der Waals surface area (Å²) in [5.74, 6) is 0.320. The molecule has 0 aromatic heterocycles. The minimum absolute atomic E-state index is 0.00142. The number of benzene rings is 2. The lowest BCUT2D eigenvalue weighted by Crippen LogP contribution is -2.49. The highest BCUT2D eigenvalue weighted by atomic mass is 19.4. The standard InChI is InChI=1S/C32H37F4NO3/c1-17(31(38)39)29(20-4-5-20)21-6-3-19-9-12-27(40-28(19)13-21)30-22-7-8-23(30)16-37(15-22)18(2)25-14-24(33)10-11-26(25)32(34,35)36/h3,6,10-11,13-14,17-18,20,22-23,27,29-30H,4-5,7-9,12,15-16H2,1-2H3,(H,38,39)/t17-,18-,22+,23+,27?,29-/m0/s1. The summed E-state index contributed by atoms with van der Waals surface area (Å²) in [6, 6.07) is 8.49. The fourth-order valence-electron chi connectivity index (χ4n) is 8.02. The van der Waals surface area contributed by atoms with Crippen LogP contribution in [0.4, 0.5) is 17.6 Å². The number of ether oxygens (including phenoxy) is 1. The Hall–Kier alpha value is -2.61. The zero-order valence-corrected chi connectivity index (χ0v) is 23.0. The van der Waals surface area contributed by atoms with Gasteiger partial charge >= 0.3 is 12.1 Å². The number of halogens is 4. The molecule has 2 aromatic carbocycles. The number of alkyl halides is 3. The topological polar surface area (TPSA) is 49.8 Å². The molecular weight excluding hydrogens is 522 g/mol. The maximum atomic E-state index is 14.0. The smallest absolute Gasteiger partial charge is 0.416 e. The van der Waals surface area contributed by atoms with Crippen LogP contribution in [0.3, 0.4) is 0 Å². The third-order valence-corrected chi connectivity index (χ3v) is 10.2. The van der Waals surface area contributed by atoms with Crippen LogP contribution in [0, 0.1) is 35.4 Å². The molecule has 2 aliphatic heterocycles. The lowest BCUT2D eigenvalue weighted by Gasteiger charge is -2.45. The molecule has 1 saturated heterocycles. The monoisotopic (exact) mass is 559 g/mol. The van der Waals surface area contributed by atoms with Crippen LogP contribution in [-0.2, 0) is 17.4 Å². The Bertz CT molecular complexity index is 1260. The lowest BCUT2D eigenvalue weighted by atomic mass is 9.77. The summed E-state index contributed by atoms with van der Waals surface area (Å²) >= 11 is 0. The molecule has 1 unspecified atom stereocenters. The first-order valence-corrected chi connectivity index (χ1v) is 14.6. The highest BCUT2D eigenvalue weighted by Crippen LogP contribution is 2.51. The van der Waals surface area contributed by atoms with Crippen LogP contribution in [0.5, 0.6) is 5.75 Å². The summed E-state index contributed by atoms with van der Waals surface area (Å²) in [5, 5.41) is 9.70. The number of carboxylic acid groups (broad SMARTS) is 1. The summed E-state index contributed by atoms with van der Waals surface area (Å²) in [7, 11) is 0. The largest absolute Gasteiger partial charge is 0.490 e. The zero-order chi connectivity index (χ0) is 28.3. The number of hydrogen-bond donors (Lipinski definition) is 1. The molecule has 216 valence electrons. The number of rotatable bonds is 7. The van der Waals surface area contributed by atoms with E-state index in [-0.39, 0.29) is 17.6 Å². The fraction of sp³-hybridized carbons (Fsp3) is 0.594. The van der Waals surface area contributed by atoms with Crippen molar-refractivity contribution in [1.82, 2.24) is 4.90 Å². The van der Waals surface area contributed by atoms with Crippen molar-refractivity contribution in [2.75, 3.05) is 13.1 Å². The Morgan fingerprint density at radius 1 is 1.00 bits per heavy atom. The molecule has 2 bridgehead atoms. The Balaban J connectivity index is 1.19. The molecule has 3 fully saturated rings. The van der Waals surface area contributed by atoms with Crippen molar-refractivity contribution in [2.24, 2.45) is 29.6 Å². The molecule has 6 rings (SSSR count). The number of nitrogens with zero attached hydrogens (tertiary/aromatic N) is 1. The summed E-state index contributed by atoms with van der Waals surface area (Å²) in [6.07, 6.45) is 1.45. The molecule has 2 saturated carbocycles. The minimum Gasteiger partial charge on any atom is -0.490 e. The van der Waals surface area contributed by atoms with E-state index in [1.54, 1.807) is 13.8 Å². The van der Waals surface area contributed by atoms with Crippen LogP contribution >= 0.6 is 0 Å². The van der Waals surface area contributed by atoms with Crippen LogP contribution in [0.2, 0.25) is 0 Å². The molecule has 4 aliphatic rings. The van der Waals surface area contributed by atoms with Crippen molar-refractivity contribution >= 4 is 5.97 Å². The molecule has 2 heterocycles. The van der Waals surface area contributed by atoms with Crippen molar-refractivity contribution in [2.45, 2.75) is 76.6 Å². The highest BCUT2D eigenvalue weighted by molar-refractivity contribution is 5.71. The van der Waals surface area contributed by atoms with Gasteiger partial charge in [-0.1, -0.05) is 19.1 Å². The van der Waals surface area contributed by atoms with Gasteiger partial charge in [-0.25, -0.2) is 4.39 Å². The lowest BCUT2D eigenvalue weighted by molar-refractivity contribution is -0.142. The van der Waals surface area contributed by atoms with Gasteiger partial charge in [-0.05, 0) is 110 Å². The summed E-state index contributed by atoms with van der Waals surface area (Å²) in [6.45, 7) is 4.89. The van der Waals surface area contributed by atoms with Gasteiger partial charge in [0.15, 0.2) is 0 Å². The number of fused-ring (bicyclic) bond motifs is 3. The first kappa shape index (κ1) is 27.6. The van der Waals surface area contributed by atoms with Crippen LogP contribution in [-0.4, -0.2) is 35.2 Å². The van der Waals surface area contributed by atoms with E-state index < -0.39 is 35.5 Å². The van der Waals surface area contributed by atoms with Gasteiger partial charge in [0.25, 0.3) is 0 Å². The second-order valence-electron chi connectivity index (χ2n) is 12.6. The maximum absolute atomic E-state index is 14.0. The molecule has 1 N–H and O–H groups in total.